The molecule has 0 aromatic heterocycles. The summed E-state index contributed by atoms with van der Waals surface area (Å²) in [6.07, 6.45) is 0. The Balaban J connectivity index is 2.45. The van der Waals surface area contributed by atoms with Crippen molar-refractivity contribution in [2.24, 2.45) is 0 Å². The van der Waals surface area contributed by atoms with Crippen molar-refractivity contribution in [3.05, 3.63) is 53.6 Å². The van der Waals surface area contributed by atoms with Crippen LogP contribution in [0.2, 0.25) is 0 Å². The number of hydrogen-bond acceptors (Lipinski definition) is 3. The molecular weight excluding hydrogens is 338 g/mol. The van der Waals surface area contributed by atoms with Crippen LogP contribution in [-0.4, -0.2) is 21.4 Å². The van der Waals surface area contributed by atoms with Gasteiger partial charge in [-0.25, -0.2) is 17.2 Å². The van der Waals surface area contributed by atoms with E-state index in [2.05, 4.69) is 5.32 Å². The van der Waals surface area contributed by atoms with E-state index < -0.39 is 27.6 Å². The highest BCUT2D eigenvalue weighted by atomic mass is 32.2. The van der Waals surface area contributed by atoms with E-state index in [9.17, 15) is 22.0 Å². The third-order valence-electron chi connectivity index (χ3n) is 3.49. The number of nitrogens with zero attached hydrogens (tertiary/aromatic N) is 1. The lowest BCUT2D eigenvalue weighted by Crippen LogP contribution is -2.27. The number of hydrogen-bond donors (Lipinski definition) is 1. The predicted molar refractivity (Wildman–Crippen MR) is 87.4 cm³/mol. The first-order valence-electron chi connectivity index (χ1n) is 6.95. The van der Waals surface area contributed by atoms with Gasteiger partial charge in [-0.2, -0.15) is 0 Å². The van der Waals surface area contributed by atoms with Crippen molar-refractivity contribution in [3.63, 3.8) is 0 Å². The smallest absolute Gasteiger partial charge is 0.264 e. The van der Waals surface area contributed by atoms with Gasteiger partial charge in [0.05, 0.1) is 16.3 Å². The standard InChI is InChI=1S/C16H16F2N2O3S/c1-10-13(17)5-4-6-16(10)20(3)24(22,23)12-7-8-15(14(18)9-12)19-11(2)21/h4-9H,1-3H3,(H,19,21). The summed E-state index contributed by atoms with van der Waals surface area (Å²) in [5.41, 5.74) is 0.200. The molecule has 0 saturated carbocycles. The first-order valence-corrected chi connectivity index (χ1v) is 8.40. The summed E-state index contributed by atoms with van der Waals surface area (Å²) in [5, 5.41) is 2.26. The van der Waals surface area contributed by atoms with Crippen LogP contribution in [0.4, 0.5) is 20.2 Å². The number of nitrogens with one attached hydrogen (secondary N) is 1. The minimum Gasteiger partial charge on any atom is -0.324 e. The molecule has 0 radical (unpaired) electrons. The lowest BCUT2D eigenvalue weighted by Gasteiger charge is -2.22. The van der Waals surface area contributed by atoms with Gasteiger partial charge in [0.1, 0.15) is 11.6 Å². The van der Waals surface area contributed by atoms with Gasteiger partial charge in [0, 0.05) is 19.5 Å². The van der Waals surface area contributed by atoms with Gasteiger partial charge in [-0.15, -0.1) is 0 Å². The quantitative estimate of drug-likeness (QED) is 0.918. The van der Waals surface area contributed by atoms with Crippen LogP contribution in [0, 0.1) is 18.6 Å². The zero-order chi connectivity index (χ0) is 18.1. The number of anilines is 2. The van der Waals surface area contributed by atoms with Crippen molar-refractivity contribution in [3.8, 4) is 0 Å². The fourth-order valence-corrected chi connectivity index (χ4v) is 3.44. The largest absolute Gasteiger partial charge is 0.324 e. The van der Waals surface area contributed by atoms with Crippen LogP contribution in [0.25, 0.3) is 0 Å². The zero-order valence-corrected chi connectivity index (χ0v) is 14.1. The van der Waals surface area contributed by atoms with E-state index >= 15 is 0 Å². The molecule has 5 nitrogen and oxygen atoms in total. The molecule has 0 aliphatic heterocycles. The van der Waals surface area contributed by atoms with Gasteiger partial charge in [-0.3, -0.25) is 9.10 Å². The first-order chi connectivity index (χ1) is 11.1. The molecule has 2 rings (SSSR count). The molecule has 2 aromatic carbocycles. The van der Waals surface area contributed by atoms with Crippen molar-refractivity contribution in [2.45, 2.75) is 18.7 Å². The molecule has 0 spiro atoms. The highest BCUT2D eigenvalue weighted by Crippen LogP contribution is 2.28. The molecule has 2 aromatic rings. The average molecular weight is 354 g/mol. The Morgan fingerprint density at radius 2 is 1.79 bits per heavy atom. The number of rotatable bonds is 4. The summed E-state index contributed by atoms with van der Waals surface area (Å²) in [6, 6.07) is 7.22. The van der Waals surface area contributed by atoms with Crippen LogP contribution in [-0.2, 0) is 14.8 Å². The second-order valence-electron chi connectivity index (χ2n) is 5.18. The van der Waals surface area contributed by atoms with Crippen molar-refractivity contribution >= 4 is 27.3 Å². The van der Waals surface area contributed by atoms with E-state index in [4.69, 9.17) is 0 Å². The van der Waals surface area contributed by atoms with Gasteiger partial charge in [-0.1, -0.05) is 6.07 Å². The molecule has 0 aliphatic carbocycles. The minimum atomic E-state index is -4.09. The van der Waals surface area contributed by atoms with Gasteiger partial charge in [0.2, 0.25) is 5.91 Å². The Morgan fingerprint density at radius 1 is 1.12 bits per heavy atom. The Bertz CT molecular complexity index is 898. The lowest BCUT2D eigenvalue weighted by atomic mass is 10.2. The summed E-state index contributed by atoms with van der Waals surface area (Å²) < 4.78 is 53.8. The van der Waals surface area contributed by atoms with Gasteiger partial charge >= 0.3 is 0 Å². The monoisotopic (exact) mass is 354 g/mol. The van der Waals surface area contributed by atoms with Gasteiger partial charge in [-0.05, 0) is 37.3 Å². The molecule has 0 aliphatic rings. The van der Waals surface area contributed by atoms with Crippen LogP contribution in [0.5, 0.6) is 0 Å². The molecule has 0 unspecified atom stereocenters. The normalized spacial score (nSPS) is 11.2. The van der Waals surface area contributed by atoms with Crippen LogP contribution in [0.15, 0.2) is 41.3 Å². The average Bonchev–Trinajstić information content (AvgIpc) is 2.50. The van der Waals surface area contributed by atoms with Crippen LogP contribution in [0.3, 0.4) is 0 Å². The number of sulfonamides is 1. The van der Waals surface area contributed by atoms with Crippen LogP contribution in [0.1, 0.15) is 12.5 Å². The lowest BCUT2D eigenvalue weighted by molar-refractivity contribution is -0.114. The SMILES string of the molecule is CC(=O)Nc1ccc(S(=O)(=O)N(C)c2cccc(F)c2C)cc1F. The number of halogens is 2. The maximum atomic E-state index is 14.0. The predicted octanol–water partition coefficient (Wildman–Crippen LogP) is 3.06. The fraction of sp³-hybridized carbons (Fsp3) is 0.188. The van der Waals surface area contributed by atoms with E-state index in [0.29, 0.717) is 0 Å². The number of carbonyl (C=O) groups is 1. The summed E-state index contributed by atoms with van der Waals surface area (Å²) in [4.78, 5) is 10.7. The number of amides is 1. The van der Waals surface area contributed by atoms with Crippen molar-refractivity contribution in [2.75, 3.05) is 16.7 Å². The molecule has 0 fully saturated rings. The van der Waals surface area contributed by atoms with Gasteiger partial charge < -0.3 is 5.32 Å². The molecule has 0 heterocycles. The molecule has 1 amide bonds. The second kappa shape index (κ2) is 6.56. The molecule has 1 N–H and O–H groups in total. The highest BCUT2D eigenvalue weighted by molar-refractivity contribution is 7.92. The van der Waals surface area contributed by atoms with E-state index in [1.54, 1.807) is 0 Å². The zero-order valence-electron chi connectivity index (χ0n) is 13.3. The molecule has 0 bridgehead atoms. The van der Waals surface area contributed by atoms with Crippen molar-refractivity contribution in [1.29, 1.82) is 0 Å². The number of benzene rings is 2. The fourth-order valence-electron chi connectivity index (χ4n) is 2.17. The molecule has 24 heavy (non-hydrogen) atoms. The summed E-state index contributed by atoms with van der Waals surface area (Å²) in [5.74, 6) is -1.89. The van der Waals surface area contributed by atoms with Crippen LogP contribution < -0.4 is 9.62 Å². The van der Waals surface area contributed by atoms with Crippen molar-refractivity contribution in [1.82, 2.24) is 0 Å². The minimum absolute atomic E-state index is 0.119. The topological polar surface area (TPSA) is 66.5 Å². The van der Waals surface area contributed by atoms with E-state index in [1.165, 1.54) is 45.2 Å². The second-order valence-corrected chi connectivity index (χ2v) is 7.15. The first kappa shape index (κ1) is 17.9. The molecule has 0 saturated heterocycles. The maximum Gasteiger partial charge on any atom is 0.264 e. The van der Waals surface area contributed by atoms with Gasteiger partial charge in [0.15, 0.2) is 0 Å². The molecule has 8 heteroatoms. The molecule has 128 valence electrons. The third kappa shape index (κ3) is 3.38. The van der Waals surface area contributed by atoms with E-state index in [1.807, 2.05) is 0 Å². The van der Waals surface area contributed by atoms with E-state index in [-0.39, 0.29) is 21.8 Å². The highest BCUT2D eigenvalue weighted by Gasteiger charge is 2.24. The van der Waals surface area contributed by atoms with Gasteiger partial charge in [0.25, 0.3) is 10.0 Å². The Labute approximate surface area is 139 Å². The summed E-state index contributed by atoms with van der Waals surface area (Å²) in [6.45, 7) is 2.67. The molecule has 0 atom stereocenters. The third-order valence-corrected chi connectivity index (χ3v) is 5.26. The summed E-state index contributed by atoms with van der Waals surface area (Å²) >= 11 is 0. The Morgan fingerprint density at radius 3 is 2.38 bits per heavy atom. The molecular formula is C16H16F2N2O3S. The van der Waals surface area contributed by atoms with E-state index in [0.717, 1.165) is 16.4 Å². The van der Waals surface area contributed by atoms with Crippen LogP contribution >= 0.6 is 0 Å². The summed E-state index contributed by atoms with van der Waals surface area (Å²) in [7, 11) is -2.82. The Kier molecular flexibility index (Phi) is 4.88. The number of carbonyl (C=O) groups excluding carboxylic acids is 1. The Hall–Kier alpha value is -2.48. The maximum absolute atomic E-state index is 14.0. The van der Waals surface area contributed by atoms with Crippen molar-refractivity contribution < 1.29 is 22.0 Å².